The molecule has 1 aromatic carbocycles. The van der Waals surface area contributed by atoms with Crippen LogP contribution in [0.3, 0.4) is 0 Å². The largest absolute Gasteiger partial charge is 0.466 e. The Balaban J connectivity index is 2.48. The molecule has 0 fully saturated rings. The number of aliphatic hydroxyl groups is 1. The van der Waals surface area contributed by atoms with Gasteiger partial charge in [0.15, 0.2) is 0 Å². The second-order valence-electron chi connectivity index (χ2n) is 5.20. The molecule has 0 spiro atoms. The molecule has 0 saturated carbocycles. The zero-order chi connectivity index (χ0) is 19.4. The normalized spacial score (nSPS) is 13.9. The molecule has 2 rings (SSSR count). The van der Waals surface area contributed by atoms with Crippen LogP contribution in [0.2, 0.25) is 10.0 Å². The third-order valence-corrected chi connectivity index (χ3v) is 4.41. The third kappa shape index (κ3) is 3.77. The van der Waals surface area contributed by atoms with Gasteiger partial charge in [0, 0.05) is 6.54 Å². The number of carbonyl (C=O) groups is 3. The average Bonchev–Trinajstić information content (AvgIpc) is 2.93. The number of amides is 1. The summed E-state index contributed by atoms with van der Waals surface area (Å²) in [4.78, 5) is 37.6. The fourth-order valence-electron chi connectivity index (χ4n) is 2.41. The smallest absolute Gasteiger partial charge is 0.339 e. The molecule has 1 aliphatic rings. The number of ether oxygens (including phenoxy) is 2. The summed E-state index contributed by atoms with van der Waals surface area (Å²) in [5, 5.41) is 11.9. The number of halogens is 2. The standard InChI is InChI=1S/C16H16Cl2N2O6/c1-25-15(23)8-3-4-10(17)13(11(8)18)19-12-9(16(24)26-2)7-20(5-6-21)14(12)22/h3-4,19,21H,5-7H2,1-2H3. The van der Waals surface area contributed by atoms with Gasteiger partial charge in [-0.2, -0.15) is 0 Å². The Kier molecular flexibility index (Phi) is 6.47. The molecule has 1 aromatic rings. The van der Waals surface area contributed by atoms with Gasteiger partial charge in [0.25, 0.3) is 5.91 Å². The van der Waals surface area contributed by atoms with Gasteiger partial charge in [0.05, 0.1) is 54.2 Å². The number of carbonyl (C=O) groups excluding carboxylic acids is 3. The van der Waals surface area contributed by atoms with Crippen molar-refractivity contribution in [2.75, 3.05) is 39.2 Å². The summed E-state index contributed by atoms with van der Waals surface area (Å²) in [6.07, 6.45) is 0. The molecule has 0 aromatic heterocycles. The number of nitrogens with one attached hydrogen (secondary N) is 1. The maximum atomic E-state index is 12.5. The van der Waals surface area contributed by atoms with Crippen molar-refractivity contribution in [3.05, 3.63) is 39.0 Å². The number of β-amino-alcohol motifs (C(OH)–C–C–N with tert-alkyl or cyclic N) is 1. The van der Waals surface area contributed by atoms with Gasteiger partial charge in [-0.25, -0.2) is 9.59 Å². The highest BCUT2D eigenvalue weighted by Gasteiger charge is 2.35. The molecule has 1 amide bonds. The molecule has 0 aliphatic carbocycles. The summed E-state index contributed by atoms with van der Waals surface area (Å²) >= 11 is 12.4. The molecule has 8 nitrogen and oxygen atoms in total. The average molecular weight is 403 g/mol. The van der Waals surface area contributed by atoms with Crippen molar-refractivity contribution in [1.82, 2.24) is 4.90 Å². The molecule has 1 heterocycles. The van der Waals surface area contributed by atoms with Crippen LogP contribution in [0.5, 0.6) is 0 Å². The number of nitrogens with zero attached hydrogens (tertiary/aromatic N) is 1. The Morgan fingerprint density at radius 1 is 1.23 bits per heavy atom. The maximum Gasteiger partial charge on any atom is 0.339 e. The molecular formula is C16H16Cl2N2O6. The summed E-state index contributed by atoms with van der Waals surface area (Å²) in [5.41, 5.74) is 0.0865. The van der Waals surface area contributed by atoms with Crippen molar-refractivity contribution in [3.63, 3.8) is 0 Å². The number of esters is 2. The van der Waals surface area contributed by atoms with Crippen molar-refractivity contribution < 1.29 is 29.0 Å². The van der Waals surface area contributed by atoms with Crippen LogP contribution >= 0.6 is 23.2 Å². The molecule has 0 radical (unpaired) electrons. The van der Waals surface area contributed by atoms with Crippen LogP contribution in [0.4, 0.5) is 5.69 Å². The number of aliphatic hydroxyl groups excluding tert-OH is 1. The number of hydrogen-bond acceptors (Lipinski definition) is 7. The summed E-state index contributed by atoms with van der Waals surface area (Å²) in [6.45, 7) is -0.276. The summed E-state index contributed by atoms with van der Waals surface area (Å²) in [6, 6.07) is 2.79. The Morgan fingerprint density at radius 3 is 2.46 bits per heavy atom. The topological polar surface area (TPSA) is 105 Å². The van der Waals surface area contributed by atoms with Crippen LogP contribution in [0.15, 0.2) is 23.4 Å². The minimum absolute atomic E-state index is 0.0359. The van der Waals surface area contributed by atoms with Crippen LogP contribution in [0.1, 0.15) is 10.4 Å². The van der Waals surface area contributed by atoms with Gasteiger partial charge in [-0.3, -0.25) is 4.79 Å². The van der Waals surface area contributed by atoms with E-state index in [9.17, 15) is 14.4 Å². The second kappa shape index (κ2) is 8.39. The lowest BCUT2D eigenvalue weighted by molar-refractivity contribution is -0.136. The van der Waals surface area contributed by atoms with E-state index in [0.717, 1.165) is 0 Å². The first kappa shape index (κ1) is 20.0. The van der Waals surface area contributed by atoms with Gasteiger partial charge in [0.1, 0.15) is 5.70 Å². The van der Waals surface area contributed by atoms with Gasteiger partial charge in [0.2, 0.25) is 0 Å². The van der Waals surface area contributed by atoms with Gasteiger partial charge in [-0.1, -0.05) is 23.2 Å². The highest BCUT2D eigenvalue weighted by atomic mass is 35.5. The molecule has 1 aliphatic heterocycles. The zero-order valence-electron chi connectivity index (χ0n) is 14.0. The summed E-state index contributed by atoms with van der Waals surface area (Å²) in [5.74, 6) is -1.93. The van der Waals surface area contributed by atoms with E-state index in [1.807, 2.05) is 0 Å². The van der Waals surface area contributed by atoms with Crippen molar-refractivity contribution in [2.45, 2.75) is 0 Å². The summed E-state index contributed by atoms with van der Waals surface area (Å²) in [7, 11) is 2.38. The first-order valence-electron chi connectivity index (χ1n) is 7.40. The number of benzene rings is 1. The van der Waals surface area contributed by atoms with Gasteiger partial charge < -0.3 is 24.8 Å². The van der Waals surface area contributed by atoms with E-state index in [0.29, 0.717) is 0 Å². The van der Waals surface area contributed by atoms with Gasteiger partial charge in [-0.05, 0) is 12.1 Å². The fraction of sp³-hybridized carbons (Fsp3) is 0.312. The Labute approximate surface area is 159 Å². The third-order valence-electron chi connectivity index (χ3n) is 3.70. The molecule has 140 valence electrons. The molecule has 0 atom stereocenters. The highest BCUT2D eigenvalue weighted by molar-refractivity contribution is 6.41. The number of methoxy groups -OCH3 is 2. The predicted octanol–water partition coefficient (Wildman–Crippen LogP) is 1.45. The first-order chi connectivity index (χ1) is 12.3. The van der Waals surface area contributed by atoms with Gasteiger partial charge in [-0.15, -0.1) is 0 Å². The van der Waals surface area contributed by atoms with E-state index in [-0.39, 0.29) is 52.3 Å². The predicted molar refractivity (Wildman–Crippen MR) is 94.1 cm³/mol. The molecule has 10 heteroatoms. The van der Waals surface area contributed by atoms with Crippen molar-refractivity contribution in [3.8, 4) is 0 Å². The van der Waals surface area contributed by atoms with Gasteiger partial charge >= 0.3 is 11.9 Å². The molecule has 0 bridgehead atoms. The SMILES string of the molecule is COC(=O)C1=C(Nc2c(Cl)ccc(C(=O)OC)c2Cl)C(=O)N(CCO)C1. The van der Waals surface area contributed by atoms with Crippen molar-refractivity contribution in [1.29, 1.82) is 0 Å². The van der Waals surface area contributed by atoms with E-state index >= 15 is 0 Å². The molecule has 0 saturated heterocycles. The van der Waals surface area contributed by atoms with E-state index in [1.54, 1.807) is 0 Å². The minimum atomic E-state index is -0.711. The fourth-order valence-corrected chi connectivity index (χ4v) is 2.95. The molecule has 0 unspecified atom stereocenters. The lowest BCUT2D eigenvalue weighted by atomic mass is 10.1. The monoisotopic (exact) mass is 402 g/mol. The van der Waals surface area contributed by atoms with Crippen molar-refractivity contribution >= 4 is 46.7 Å². The van der Waals surface area contributed by atoms with E-state index in [1.165, 1.54) is 31.3 Å². The summed E-state index contributed by atoms with van der Waals surface area (Å²) < 4.78 is 9.34. The van der Waals surface area contributed by atoms with E-state index in [4.69, 9.17) is 33.0 Å². The van der Waals surface area contributed by atoms with E-state index in [2.05, 4.69) is 10.1 Å². The maximum absolute atomic E-state index is 12.5. The lowest BCUT2D eigenvalue weighted by Gasteiger charge is -2.16. The zero-order valence-corrected chi connectivity index (χ0v) is 15.5. The Morgan fingerprint density at radius 2 is 1.88 bits per heavy atom. The van der Waals surface area contributed by atoms with Crippen LogP contribution in [0, 0.1) is 0 Å². The first-order valence-corrected chi connectivity index (χ1v) is 8.16. The molecule has 26 heavy (non-hydrogen) atoms. The van der Waals surface area contributed by atoms with Crippen LogP contribution < -0.4 is 5.32 Å². The lowest BCUT2D eigenvalue weighted by Crippen LogP contribution is -2.31. The van der Waals surface area contributed by atoms with E-state index < -0.39 is 17.8 Å². The van der Waals surface area contributed by atoms with Crippen LogP contribution in [-0.4, -0.2) is 61.8 Å². The van der Waals surface area contributed by atoms with Crippen LogP contribution in [-0.2, 0) is 19.1 Å². The van der Waals surface area contributed by atoms with Crippen LogP contribution in [0.25, 0.3) is 0 Å². The van der Waals surface area contributed by atoms with Crippen molar-refractivity contribution in [2.24, 2.45) is 0 Å². The highest BCUT2D eigenvalue weighted by Crippen LogP contribution is 2.36. The number of anilines is 1. The Bertz CT molecular complexity index is 793. The number of hydrogen-bond donors (Lipinski definition) is 2. The minimum Gasteiger partial charge on any atom is -0.466 e. The second-order valence-corrected chi connectivity index (χ2v) is 5.98. The molecule has 2 N–H and O–H groups in total. The quantitative estimate of drug-likeness (QED) is 0.693. The Hall–Kier alpha value is -2.29. The number of rotatable bonds is 6. The molecular weight excluding hydrogens is 387 g/mol.